The number of hydrogen-bond acceptors (Lipinski definition) is 4. The van der Waals surface area contributed by atoms with Gasteiger partial charge < -0.3 is 4.57 Å². The van der Waals surface area contributed by atoms with Gasteiger partial charge in [0, 0.05) is 16.4 Å². The molecular formula is C16H13BrN2O2S3. The van der Waals surface area contributed by atoms with Gasteiger partial charge in [0.15, 0.2) is 0 Å². The van der Waals surface area contributed by atoms with Crippen molar-refractivity contribution in [3.05, 3.63) is 69.1 Å². The summed E-state index contributed by atoms with van der Waals surface area (Å²) in [5.41, 5.74) is 1.90. The first-order valence-corrected chi connectivity index (χ1v) is 10.9. The van der Waals surface area contributed by atoms with Gasteiger partial charge in [-0.25, -0.2) is 0 Å². The van der Waals surface area contributed by atoms with Gasteiger partial charge in [0.25, 0.3) is 10.0 Å². The molecule has 2 heterocycles. The topological polar surface area (TPSA) is 51.4 Å². The van der Waals surface area contributed by atoms with Crippen molar-refractivity contribution in [1.82, 2.24) is 4.57 Å². The fourth-order valence-electron chi connectivity index (χ4n) is 2.12. The minimum atomic E-state index is -3.70. The van der Waals surface area contributed by atoms with Gasteiger partial charge in [-0.2, -0.15) is 8.42 Å². The first-order chi connectivity index (χ1) is 11.5. The van der Waals surface area contributed by atoms with Gasteiger partial charge in [0.05, 0.1) is 5.69 Å². The molecule has 0 N–H and O–H groups in total. The van der Waals surface area contributed by atoms with Crippen LogP contribution in [0.15, 0.2) is 72.9 Å². The van der Waals surface area contributed by atoms with Gasteiger partial charge in [-0.05, 0) is 29.1 Å². The Hall–Kier alpha value is -1.48. The molecule has 0 saturated heterocycles. The second kappa shape index (κ2) is 7.18. The number of halogens is 1. The number of rotatable bonds is 5. The average Bonchev–Trinajstić information content (AvgIpc) is 3.20. The Morgan fingerprint density at radius 1 is 1.21 bits per heavy atom. The summed E-state index contributed by atoms with van der Waals surface area (Å²) < 4.78 is 31.9. The van der Waals surface area contributed by atoms with Crippen LogP contribution in [0.3, 0.4) is 0 Å². The van der Waals surface area contributed by atoms with E-state index in [0.717, 1.165) is 27.1 Å². The van der Waals surface area contributed by atoms with Crippen molar-refractivity contribution in [2.45, 2.75) is 10.8 Å². The van der Waals surface area contributed by atoms with E-state index >= 15 is 0 Å². The third-order valence-electron chi connectivity index (χ3n) is 3.20. The third-order valence-corrected chi connectivity index (χ3v) is 7.34. The zero-order valence-corrected chi connectivity index (χ0v) is 16.5. The third kappa shape index (κ3) is 3.61. The average molecular weight is 441 g/mol. The van der Waals surface area contributed by atoms with E-state index < -0.39 is 10.0 Å². The minimum absolute atomic E-state index is 0.242. The number of nitrogens with zero attached hydrogens (tertiary/aromatic N) is 2. The molecule has 0 aliphatic heterocycles. The summed E-state index contributed by atoms with van der Waals surface area (Å²) in [7, 11) is -3.70. The molecule has 124 valence electrons. The van der Waals surface area contributed by atoms with Crippen LogP contribution in [0.4, 0.5) is 0 Å². The van der Waals surface area contributed by atoms with Gasteiger partial charge in [-0.15, -0.1) is 33.7 Å². The maximum atomic E-state index is 12.4. The van der Waals surface area contributed by atoms with E-state index in [-0.39, 0.29) is 4.21 Å². The number of sulfonamides is 1. The van der Waals surface area contributed by atoms with Crippen LogP contribution >= 0.6 is 38.6 Å². The van der Waals surface area contributed by atoms with Crippen LogP contribution < -0.4 is 4.80 Å². The summed E-state index contributed by atoms with van der Waals surface area (Å²) in [4.78, 5) is 0.432. The fourth-order valence-corrected chi connectivity index (χ4v) is 5.49. The van der Waals surface area contributed by atoms with Gasteiger partial charge in [0.1, 0.15) is 4.21 Å². The SMILES string of the molecule is C=CCn1c(-c2ccc(Br)cc2)cs/c1=N/S(=O)(=O)c1cccs1. The molecule has 0 fully saturated rings. The smallest absolute Gasteiger partial charge is 0.294 e. The van der Waals surface area contributed by atoms with E-state index in [1.165, 1.54) is 11.3 Å². The first-order valence-electron chi connectivity index (χ1n) is 6.91. The zero-order valence-electron chi connectivity index (χ0n) is 12.4. The number of hydrogen-bond donors (Lipinski definition) is 0. The Labute approximate surface area is 156 Å². The molecule has 2 aromatic heterocycles. The van der Waals surface area contributed by atoms with Crippen LogP contribution in [-0.4, -0.2) is 13.0 Å². The molecule has 0 saturated carbocycles. The van der Waals surface area contributed by atoms with Crippen LogP contribution in [0.25, 0.3) is 11.3 Å². The summed E-state index contributed by atoms with van der Waals surface area (Å²) >= 11 is 5.88. The van der Waals surface area contributed by atoms with Crippen molar-refractivity contribution in [2.24, 2.45) is 4.40 Å². The summed E-state index contributed by atoms with van der Waals surface area (Å²) in [6.07, 6.45) is 1.73. The molecule has 0 aliphatic rings. The Kier molecular flexibility index (Phi) is 5.19. The lowest BCUT2D eigenvalue weighted by Crippen LogP contribution is -2.17. The maximum absolute atomic E-state index is 12.4. The number of allylic oxidation sites excluding steroid dienone is 1. The van der Waals surface area contributed by atoms with Gasteiger partial charge in [0.2, 0.25) is 4.80 Å². The highest BCUT2D eigenvalue weighted by atomic mass is 79.9. The summed E-state index contributed by atoms with van der Waals surface area (Å²) in [5, 5.41) is 3.64. The van der Waals surface area contributed by atoms with E-state index in [1.807, 2.05) is 34.2 Å². The van der Waals surface area contributed by atoms with Crippen molar-refractivity contribution in [3.8, 4) is 11.3 Å². The largest absolute Gasteiger partial charge is 0.312 e. The van der Waals surface area contributed by atoms with E-state index in [0.29, 0.717) is 11.3 Å². The Balaban J connectivity index is 2.15. The monoisotopic (exact) mass is 440 g/mol. The lowest BCUT2D eigenvalue weighted by Gasteiger charge is -2.06. The lowest BCUT2D eigenvalue weighted by atomic mass is 10.2. The molecule has 0 radical (unpaired) electrons. The predicted molar refractivity (Wildman–Crippen MR) is 103 cm³/mol. The highest BCUT2D eigenvalue weighted by Crippen LogP contribution is 2.23. The van der Waals surface area contributed by atoms with E-state index in [4.69, 9.17) is 0 Å². The Morgan fingerprint density at radius 3 is 2.58 bits per heavy atom. The molecule has 0 spiro atoms. The molecular weight excluding hydrogens is 428 g/mol. The predicted octanol–water partition coefficient (Wildman–Crippen LogP) is 4.52. The molecule has 0 aliphatic carbocycles. The van der Waals surface area contributed by atoms with E-state index in [1.54, 1.807) is 23.6 Å². The summed E-state index contributed by atoms with van der Waals surface area (Å²) in [6.45, 7) is 4.24. The molecule has 24 heavy (non-hydrogen) atoms. The number of thiophene rings is 1. The van der Waals surface area contributed by atoms with Crippen molar-refractivity contribution >= 4 is 48.6 Å². The van der Waals surface area contributed by atoms with Gasteiger partial charge >= 0.3 is 0 Å². The molecule has 8 heteroatoms. The lowest BCUT2D eigenvalue weighted by molar-refractivity contribution is 0.597. The van der Waals surface area contributed by atoms with Crippen molar-refractivity contribution < 1.29 is 8.42 Å². The number of thiazole rings is 1. The van der Waals surface area contributed by atoms with Crippen molar-refractivity contribution in [2.75, 3.05) is 0 Å². The molecule has 0 amide bonds. The molecule has 0 unspecified atom stereocenters. The molecule has 0 bridgehead atoms. The molecule has 0 atom stereocenters. The molecule has 3 aromatic rings. The first kappa shape index (κ1) is 17.3. The van der Waals surface area contributed by atoms with E-state index in [9.17, 15) is 8.42 Å². The van der Waals surface area contributed by atoms with Crippen LogP contribution in [0.5, 0.6) is 0 Å². The van der Waals surface area contributed by atoms with Crippen LogP contribution in [-0.2, 0) is 16.6 Å². The van der Waals surface area contributed by atoms with Crippen LogP contribution in [0.1, 0.15) is 0 Å². The Morgan fingerprint density at radius 2 is 1.96 bits per heavy atom. The van der Waals surface area contributed by atoms with Crippen LogP contribution in [0, 0.1) is 0 Å². The maximum Gasteiger partial charge on any atom is 0.294 e. The van der Waals surface area contributed by atoms with Crippen LogP contribution in [0.2, 0.25) is 0 Å². The van der Waals surface area contributed by atoms with E-state index in [2.05, 4.69) is 26.9 Å². The fraction of sp³-hybridized carbons (Fsp3) is 0.0625. The normalized spacial score (nSPS) is 12.5. The van der Waals surface area contributed by atoms with Crippen molar-refractivity contribution in [1.29, 1.82) is 0 Å². The number of aromatic nitrogens is 1. The second-order valence-corrected chi connectivity index (χ2v) is 9.34. The standard InChI is InChI=1S/C16H13BrN2O2S3/c1-2-9-19-14(12-5-7-13(17)8-6-12)11-23-16(19)18-24(20,21)15-4-3-10-22-15/h2-8,10-11H,1,9H2/b18-16+. The summed E-state index contributed by atoms with van der Waals surface area (Å²) in [5.74, 6) is 0. The minimum Gasteiger partial charge on any atom is -0.312 e. The molecule has 4 nitrogen and oxygen atoms in total. The zero-order chi connectivity index (χ0) is 17.2. The highest BCUT2D eigenvalue weighted by Gasteiger charge is 2.15. The van der Waals surface area contributed by atoms with Gasteiger partial charge in [-0.1, -0.05) is 40.2 Å². The van der Waals surface area contributed by atoms with Crippen molar-refractivity contribution in [3.63, 3.8) is 0 Å². The quantitative estimate of drug-likeness (QED) is 0.547. The second-order valence-electron chi connectivity index (χ2n) is 4.81. The highest BCUT2D eigenvalue weighted by molar-refractivity contribution is 9.10. The van der Waals surface area contributed by atoms with Gasteiger partial charge in [-0.3, -0.25) is 0 Å². The summed E-state index contributed by atoms with van der Waals surface area (Å²) in [6, 6.07) is 11.1. The Bertz CT molecular complexity index is 1010. The molecule has 3 rings (SSSR count). The number of benzene rings is 1. The molecule has 1 aromatic carbocycles.